The van der Waals surface area contributed by atoms with Crippen LogP contribution >= 0.6 is 11.8 Å². The van der Waals surface area contributed by atoms with Crippen molar-refractivity contribution in [3.8, 4) is 0 Å². The van der Waals surface area contributed by atoms with Crippen molar-refractivity contribution in [2.75, 3.05) is 12.3 Å². The minimum atomic E-state index is -1.10. The van der Waals surface area contributed by atoms with Crippen molar-refractivity contribution in [2.45, 2.75) is 17.7 Å². The molecule has 0 bridgehead atoms. The van der Waals surface area contributed by atoms with Crippen molar-refractivity contribution in [1.29, 1.82) is 0 Å². The summed E-state index contributed by atoms with van der Waals surface area (Å²) in [5.74, 6) is -1.53. The van der Waals surface area contributed by atoms with Crippen molar-refractivity contribution in [1.82, 2.24) is 9.96 Å². The van der Waals surface area contributed by atoms with Crippen LogP contribution in [0, 0.1) is 0 Å². The summed E-state index contributed by atoms with van der Waals surface area (Å²) < 4.78 is 0. The third-order valence-corrected chi connectivity index (χ3v) is 5.78. The summed E-state index contributed by atoms with van der Waals surface area (Å²) in [6.45, 7) is 0.473. The monoisotopic (exact) mass is 332 g/mol. The maximum absolute atomic E-state index is 12.6. The summed E-state index contributed by atoms with van der Waals surface area (Å²) in [4.78, 5) is 54.5. The predicted molar refractivity (Wildman–Crippen MR) is 79.2 cm³/mol. The third-order valence-electron chi connectivity index (χ3n) is 4.32. The van der Waals surface area contributed by atoms with E-state index in [1.54, 1.807) is 12.1 Å². The number of fused-ring (bicyclic) bond motifs is 2. The van der Waals surface area contributed by atoms with E-state index in [1.165, 1.54) is 28.8 Å². The lowest BCUT2D eigenvalue weighted by Crippen LogP contribution is -2.49. The van der Waals surface area contributed by atoms with Gasteiger partial charge in [0.05, 0.1) is 11.1 Å². The summed E-state index contributed by atoms with van der Waals surface area (Å²) in [5.41, 5.74) is 0.419. The largest absolute Gasteiger partial charge is 0.368 e. The maximum Gasteiger partial charge on any atom is 0.368 e. The summed E-state index contributed by atoms with van der Waals surface area (Å²) in [6.07, 6.45) is 0.600. The predicted octanol–water partition coefficient (Wildman–Crippen LogP) is 0.806. The van der Waals surface area contributed by atoms with Crippen LogP contribution in [-0.4, -0.2) is 50.8 Å². The van der Waals surface area contributed by atoms with E-state index >= 15 is 0 Å². The molecule has 1 unspecified atom stereocenters. The highest BCUT2D eigenvalue weighted by molar-refractivity contribution is 8.01. The van der Waals surface area contributed by atoms with E-state index in [-0.39, 0.29) is 23.5 Å². The van der Waals surface area contributed by atoms with Gasteiger partial charge in [-0.1, -0.05) is 17.2 Å². The van der Waals surface area contributed by atoms with Gasteiger partial charge in [0.2, 0.25) is 5.91 Å². The number of imide groups is 1. The topological polar surface area (TPSA) is 84.0 Å². The second-order valence-electron chi connectivity index (χ2n) is 5.51. The number of hydrogen-bond donors (Lipinski definition) is 0. The molecule has 0 aromatic heterocycles. The van der Waals surface area contributed by atoms with Crippen LogP contribution in [0.25, 0.3) is 0 Å². The molecule has 0 saturated carbocycles. The SMILES string of the molecule is O=C1c2ccccc2C(=O)N1OC(=O)C12CCC(=O)N1CCS2. The van der Waals surface area contributed by atoms with Crippen LogP contribution in [0.15, 0.2) is 24.3 Å². The molecular formula is C15H12N2O5S. The van der Waals surface area contributed by atoms with Crippen LogP contribution in [0.5, 0.6) is 0 Å². The molecule has 2 fully saturated rings. The van der Waals surface area contributed by atoms with Gasteiger partial charge in [0.15, 0.2) is 4.87 Å². The summed E-state index contributed by atoms with van der Waals surface area (Å²) in [7, 11) is 0. The van der Waals surface area contributed by atoms with Crippen LogP contribution in [0.3, 0.4) is 0 Å². The van der Waals surface area contributed by atoms with Gasteiger partial charge in [-0.25, -0.2) is 4.79 Å². The zero-order chi connectivity index (χ0) is 16.2. The zero-order valence-corrected chi connectivity index (χ0v) is 12.8. The molecule has 0 N–H and O–H groups in total. The minimum Gasteiger partial charge on any atom is -0.326 e. The lowest BCUT2D eigenvalue weighted by atomic mass is 10.1. The first-order valence-electron chi connectivity index (χ1n) is 7.19. The van der Waals surface area contributed by atoms with Crippen molar-refractivity contribution >= 4 is 35.5 Å². The van der Waals surface area contributed by atoms with Crippen molar-refractivity contribution < 1.29 is 24.0 Å². The average Bonchev–Trinajstić information content (AvgIpc) is 3.19. The Balaban J connectivity index is 1.60. The first-order chi connectivity index (χ1) is 11.0. The molecule has 0 spiro atoms. The molecule has 7 nitrogen and oxygen atoms in total. The Hall–Kier alpha value is -2.35. The maximum atomic E-state index is 12.6. The van der Waals surface area contributed by atoms with E-state index in [2.05, 4.69) is 0 Å². The molecule has 3 heterocycles. The van der Waals surface area contributed by atoms with Crippen molar-refractivity contribution in [2.24, 2.45) is 0 Å². The standard InChI is InChI=1S/C15H12N2O5S/c18-11-5-6-15(16(11)7-8-23-15)14(21)22-17-12(19)9-3-1-2-4-10(9)13(17)20/h1-4H,5-8H2. The van der Waals surface area contributed by atoms with Crippen LogP contribution in [0.2, 0.25) is 0 Å². The van der Waals surface area contributed by atoms with Gasteiger partial charge in [0, 0.05) is 18.7 Å². The molecule has 0 aliphatic carbocycles. The molecular weight excluding hydrogens is 320 g/mol. The Morgan fingerprint density at radius 3 is 2.43 bits per heavy atom. The molecule has 3 aliphatic heterocycles. The Morgan fingerprint density at radius 2 is 1.78 bits per heavy atom. The Morgan fingerprint density at radius 1 is 1.13 bits per heavy atom. The summed E-state index contributed by atoms with van der Waals surface area (Å²) in [6, 6.07) is 6.30. The van der Waals surface area contributed by atoms with Gasteiger partial charge in [-0.15, -0.1) is 11.8 Å². The van der Waals surface area contributed by atoms with Gasteiger partial charge in [-0.2, -0.15) is 0 Å². The normalized spacial score (nSPS) is 25.8. The van der Waals surface area contributed by atoms with Gasteiger partial charge in [-0.3, -0.25) is 14.4 Å². The number of amides is 3. The van der Waals surface area contributed by atoms with Gasteiger partial charge in [0.1, 0.15) is 0 Å². The van der Waals surface area contributed by atoms with E-state index in [0.29, 0.717) is 23.8 Å². The fourth-order valence-corrected chi connectivity index (χ4v) is 4.55. The summed E-state index contributed by atoms with van der Waals surface area (Å²) >= 11 is 1.32. The van der Waals surface area contributed by atoms with E-state index in [1.807, 2.05) is 0 Å². The molecule has 0 radical (unpaired) electrons. The fraction of sp³-hybridized carbons (Fsp3) is 0.333. The molecule has 3 amide bonds. The molecule has 2 saturated heterocycles. The minimum absolute atomic E-state index is 0.102. The van der Waals surface area contributed by atoms with Gasteiger partial charge < -0.3 is 9.74 Å². The van der Waals surface area contributed by atoms with Crippen LogP contribution in [0.1, 0.15) is 33.6 Å². The molecule has 3 aliphatic rings. The average molecular weight is 332 g/mol. The van der Waals surface area contributed by atoms with Crippen LogP contribution in [-0.2, 0) is 14.4 Å². The van der Waals surface area contributed by atoms with Gasteiger partial charge in [0.25, 0.3) is 11.8 Å². The Bertz CT molecular complexity index is 729. The number of hydroxylamine groups is 2. The van der Waals surface area contributed by atoms with Crippen LogP contribution in [0.4, 0.5) is 0 Å². The second kappa shape index (κ2) is 4.82. The first kappa shape index (κ1) is 14.3. The van der Waals surface area contributed by atoms with Crippen molar-refractivity contribution in [3.63, 3.8) is 0 Å². The highest BCUT2D eigenvalue weighted by Crippen LogP contribution is 2.46. The molecule has 4 rings (SSSR count). The van der Waals surface area contributed by atoms with Gasteiger partial charge in [-0.05, 0) is 18.6 Å². The lowest BCUT2D eigenvalue weighted by Gasteiger charge is -2.29. The lowest BCUT2D eigenvalue weighted by molar-refractivity contribution is -0.176. The third kappa shape index (κ3) is 1.84. The molecule has 23 heavy (non-hydrogen) atoms. The Kier molecular flexibility index (Phi) is 2.99. The number of carbonyl (C=O) groups is 4. The van der Waals surface area contributed by atoms with E-state index in [9.17, 15) is 19.2 Å². The number of carbonyl (C=O) groups excluding carboxylic acids is 4. The number of rotatable bonds is 2. The second-order valence-corrected chi connectivity index (χ2v) is 6.88. The molecule has 118 valence electrons. The van der Waals surface area contributed by atoms with Crippen LogP contribution < -0.4 is 0 Å². The molecule has 1 aromatic rings. The molecule has 8 heteroatoms. The number of hydrogen-bond acceptors (Lipinski definition) is 6. The van der Waals surface area contributed by atoms with E-state index in [4.69, 9.17) is 4.84 Å². The van der Waals surface area contributed by atoms with E-state index < -0.39 is 22.7 Å². The highest BCUT2D eigenvalue weighted by Gasteiger charge is 2.57. The number of thioether (sulfide) groups is 1. The van der Waals surface area contributed by atoms with Crippen molar-refractivity contribution in [3.05, 3.63) is 35.4 Å². The molecule has 1 aromatic carbocycles. The zero-order valence-electron chi connectivity index (χ0n) is 12.0. The number of benzene rings is 1. The quantitative estimate of drug-likeness (QED) is 0.745. The van der Waals surface area contributed by atoms with E-state index in [0.717, 1.165) is 0 Å². The fourth-order valence-electron chi connectivity index (χ4n) is 3.18. The first-order valence-corrected chi connectivity index (χ1v) is 8.18. The smallest absolute Gasteiger partial charge is 0.326 e. The summed E-state index contributed by atoms with van der Waals surface area (Å²) in [5, 5.41) is 0.502. The molecule has 1 atom stereocenters. The number of nitrogens with zero attached hydrogens (tertiary/aromatic N) is 2. The Labute approximate surface area is 135 Å². The van der Waals surface area contributed by atoms with Gasteiger partial charge >= 0.3 is 5.97 Å². The highest BCUT2D eigenvalue weighted by atomic mass is 32.2.